The first-order valence-corrected chi connectivity index (χ1v) is 29.4. The van der Waals surface area contributed by atoms with Crippen LogP contribution in [0.3, 0.4) is 0 Å². The van der Waals surface area contributed by atoms with Gasteiger partial charge in [-0.25, -0.2) is 0 Å². The van der Waals surface area contributed by atoms with Gasteiger partial charge in [-0.1, -0.05) is 111 Å². The van der Waals surface area contributed by atoms with Crippen LogP contribution in [-0.2, 0) is 41.4 Å². The predicted molar refractivity (Wildman–Crippen MR) is 254 cm³/mol. The number of fused-ring (bicyclic) bond motifs is 8. The topological polar surface area (TPSA) is 9.86 Å². The molecule has 0 amide bonds. The number of hydrogen-bond acceptors (Lipinski definition) is 0. The second-order valence-electron chi connectivity index (χ2n) is 16.3. The quantitative estimate of drug-likeness (QED) is 0.0857. The molecule has 58 heavy (non-hydrogen) atoms. The summed E-state index contributed by atoms with van der Waals surface area (Å²) < 4.78 is 4.64. The summed E-state index contributed by atoms with van der Waals surface area (Å²) in [5.41, 5.74) is 14.7. The molecule has 0 saturated carbocycles. The van der Waals surface area contributed by atoms with Crippen LogP contribution in [0, 0.1) is 13.8 Å². The summed E-state index contributed by atoms with van der Waals surface area (Å²) >= 11 is -0.826. The molecule has 8 aromatic carbocycles. The molecule has 286 valence electrons. The fourth-order valence-corrected chi connectivity index (χ4v) is 14.7. The SMILES string of the molecule is C=CCCc1c(C)[c-]([Si](C)(C)[c-]2c(C)cc3c(-c4ccc5c(c4)c4ccccc4n5C)cccc32)c2cccc(-c3ccc4c(c3)c3ccccc3n4C)c12.[Cl][Zr+2][Cl]. The van der Waals surface area contributed by atoms with Crippen molar-refractivity contribution in [3.63, 3.8) is 0 Å². The fourth-order valence-electron chi connectivity index (χ4n) is 10.5. The van der Waals surface area contributed by atoms with Crippen molar-refractivity contribution in [2.45, 2.75) is 39.8 Å². The molecule has 10 rings (SSSR count). The third-order valence-corrected chi connectivity index (χ3v) is 16.7. The molecule has 2 aromatic heterocycles. The van der Waals surface area contributed by atoms with Gasteiger partial charge in [-0.2, -0.15) is 6.07 Å². The first-order valence-electron chi connectivity index (χ1n) is 20.0. The van der Waals surface area contributed by atoms with Gasteiger partial charge in [-0.05, 0) is 53.9 Å². The zero-order chi connectivity index (χ0) is 40.5. The van der Waals surface area contributed by atoms with Crippen LogP contribution >= 0.6 is 17.0 Å². The van der Waals surface area contributed by atoms with E-state index in [2.05, 4.69) is 190 Å². The fraction of sp³-hybridized carbons (Fsp3) is 0.154. The van der Waals surface area contributed by atoms with Crippen LogP contribution in [0.15, 0.2) is 140 Å². The molecule has 6 heteroatoms. The molecular formula is C52H46Cl2N2SiZr. The zero-order valence-corrected chi connectivity index (χ0v) is 38.9. The minimum atomic E-state index is -2.27. The first-order chi connectivity index (χ1) is 28.1. The first kappa shape index (κ1) is 39.0. The minimum absolute atomic E-state index is 0.826. The van der Waals surface area contributed by atoms with Crippen LogP contribution in [0.1, 0.15) is 23.1 Å². The third kappa shape index (κ3) is 6.05. The molecular weight excluding hydrogens is 843 g/mol. The van der Waals surface area contributed by atoms with E-state index in [1.165, 1.54) is 104 Å². The van der Waals surface area contributed by atoms with Crippen LogP contribution in [0.5, 0.6) is 0 Å². The molecule has 0 aliphatic heterocycles. The van der Waals surface area contributed by atoms with Gasteiger partial charge in [0, 0.05) is 65.8 Å². The van der Waals surface area contributed by atoms with E-state index in [0.29, 0.717) is 0 Å². The van der Waals surface area contributed by atoms with Gasteiger partial charge in [-0.3, -0.25) is 0 Å². The monoisotopic (exact) mass is 886 g/mol. The Morgan fingerprint density at radius 3 is 1.71 bits per heavy atom. The molecule has 0 bridgehead atoms. The van der Waals surface area contributed by atoms with Crippen molar-refractivity contribution in [1.29, 1.82) is 0 Å². The van der Waals surface area contributed by atoms with Gasteiger partial charge >= 0.3 is 37.9 Å². The Balaban J connectivity index is 0.00000141. The molecule has 0 spiro atoms. The second kappa shape index (κ2) is 15.3. The zero-order valence-electron chi connectivity index (χ0n) is 34.0. The molecule has 10 aromatic rings. The number of benzene rings is 6. The average Bonchev–Trinajstić information content (AvgIpc) is 3.92. The Kier molecular flexibility index (Phi) is 10.3. The standard InChI is InChI=1S/C52H46N2Si.2ClH.Zr/c1-8-9-16-36-33(3)52(42-22-15-20-38(50(36)42)35-26-28-49-45(31-35)40-18-11-13-24-47(40)54(49)5)55(6,7)51-32(2)29-43-37(19-14-21-41(43)51)34-25-27-48-44(30-34)39-17-10-12-23-46(39)53(48)4;;;/h8,10-15,17-31H,1,9,16H2,2-7H3;2*1H;/q-2;;;+4/p-2. The van der Waals surface area contributed by atoms with E-state index in [1.54, 1.807) is 10.4 Å². The van der Waals surface area contributed by atoms with Crippen LogP contribution in [0.25, 0.3) is 87.4 Å². The summed E-state index contributed by atoms with van der Waals surface area (Å²) in [5.74, 6) is 0. The Bertz CT molecular complexity index is 3230. The molecule has 0 saturated heterocycles. The van der Waals surface area contributed by atoms with Gasteiger partial charge in [0.15, 0.2) is 0 Å². The van der Waals surface area contributed by atoms with Crippen LogP contribution in [-0.4, -0.2) is 17.2 Å². The summed E-state index contributed by atoms with van der Waals surface area (Å²) in [5, 5.41) is 14.0. The molecule has 2 nitrogen and oxygen atoms in total. The summed E-state index contributed by atoms with van der Waals surface area (Å²) in [6.07, 6.45) is 4.03. The summed E-state index contributed by atoms with van der Waals surface area (Å²) in [6.45, 7) is 14.1. The van der Waals surface area contributed by atoms with Gasteiger partial charge in [0.2, 0.25) is 0 Å². The number of aromatic nitrogens is 2. The van der Waals surface area contributed by atoms with Gasteiger partial charge < -0.3 is 9.13 Å². The maximum atomic E-state index is 4.93. The molecule has 0 aliphatic carbocycles. The Morgan fingerprint density at radius 1 is 0.603 bits per heavy atom. The van der Waals surface area contributed by atoms with Gasteiger partial charge in [0.1, 0.15) is 0 Å². The van der Waals surface area contributed by atoms with Gasteiger partial charge in [0.05, 0.1) is 0 Å². The molecule has 0 atom stereocenters. The maximum absolute atomic E-state index is 4.93. The van der Waals surface area contributed by atoms with Crippen LogP contribution < -0.4 is 10.4 Å². The number of hydrogen-bond donors (Lipinski definition) is 0. The van der Waals surface area contributed by atoms with E-state index in [9.17, 15) is 0 Å². The van der Waals surface area contributed by atoms with Gasteiger partial charge in [0.25, 0.3) is 0 Å². The normalized spacial score (nSPS) is 11.9. The number of rotatable bonds is 7. The Hall–Kier alpha value is -4.44. The molecule has 2 heterocycles. The van der Waals surface area contributed by atoms with Crippen molar-refractivity contribution in [2.24, 2.45) is 14.1 Å². The van der Waals surface area contributed by atoms with E-state index >= 15 is 0 Å². The third-order valence-electron chi connectivity index (χ3n) is 12.9. The van der Waals surface area contributed by atoms with E-state index in [-0.39, 0.29) is 0 Å². The molecule has 0 aliphatic rings. The Labute approximate surface area is 360 Å². The average molecular weight is 889 g/mol. The van der Waals surface area contributed by atoms with Crippen molar-refractivity contribution in [1.82, 2.24) is 9.13 Å². The number of halogens is 2. The summed E-state index contributed by atoms with van der Waals surface area (Å²) in [4.78, 5) is 0. The predicted octanol–water partition coefficient (Wildman–Crippen LogP) is 14.0. The Morgan fingerprint density at radius 2 is 1.12 bits per heavy atom. The van der Waals surface area contributed by atoms with E-state index in [4.69, 9.17) is 17.0 Å². The summed E-state index contributed by atoms with van der Waals surface area (Å²) in [7, 11) is 12.0. The van der Waals surface area contributed by atoms with E-state index in [1.807, 2.05) is 0 Å². The number of para-hydroxylation sites is 2. The van der Waals surface area contributed by atoms with Crippen molar-refractivity contribution in [2.75, 3.05) is 0 Å². The van der Waals surface area contributed by atoms with Gasteiger partial charge in [-0.15, -0.1) is 79.5 Å². The van der Waals surface area contributed by atoms with Crippen molar-refractivity contribution in [3.05, 3.63) is 157 Å². The van der Waals surface area contributed by atoms with E-state index in [0.717, 1.165) is 12.8 Å². The van der Waals surface area contributed by atoms with E-state index < -0.39 is 28.9 Å². The van der Waals surface area contributed by atoms with Crippen LogP contribution in [0.4, 0.5) is 0 Å². The molecule has 0 unspecified atom stereocenters. The number of nitrogens with zero attached hydrogens (tertiary/aromatic N) is 2. The molecule has 0 radical (unpaired) electrons. The molecule has 0 N–H and O–H groups in total. The number of allylic oxidation sites excluding steroid dienone is 1. The summed E-state index contributed by atoms with van der Waals surface area (Å²) in [6, 6.07) is 48.2. The second-order valence-corrected chi connectivity index (χ2v) is 24.3. The van der Waals surface area contributed by atoms with Crippen LogP contribution in [0.2, 0.25) is 13.1 Å². The molecule has 0 fully saturated rings. The van der Waals surface area contributed by atoms with Crippen molar-refractivity contribution < 1.29 is 20.8 Å². The van der Waals surface area contributed by atoms with Crippen molar-refractivity contribution in [3.8, 4) is 22.3 Å². The number of aryl methyl sites for hydroxylation is 4. The van der Waals surface area contributed by atoms with Crippen molar-refractivity contribution >= 4 is 101 Å².